The molecule has 0 bridgehead atoms. The smallest absolute Gasteiger partial charge is 0.166 e. The molecule has 2 atom stereocenters. The number of hydrogen-bond acceptors (Lipinski definition) is 2. The topological polar surface area (TPSA) is 51.9 Å². The first-order valence-corrected chi connectivity index (χ1v) is 10.5. The Kier molecular flexibility index (Phi) is 4.33. The molecule has 0 saturated carbocycles. The van der Waals surface area contributed by atoms with Crippen molar-refractivity contribution in [2.75, 3.05) is 6.54 Å². The number of nitrogens with zero attached hydrogens (tertiary/aromatic N) is 1. The van der Waals surface area contributed by atoms with Crippen molar-refractivity contribution in [2.24, 2.45) is 0 Å². The number of para-hydroxylation sites is 1. The number of H-pyrrole nitrogens is 2. The van der Waals surface area contributed by atoms with Crippen LogP contribution in [0, 0.1) is 0 Å². The molecule has 1 aliphatic rings. The zero-order valence-electron chi connectivity index (χ0n) is 17.5. The fraction of sp³-hybridized carbons (Fsp3) is 0.320. The molecule has 0 fully saturated rings. The first-order chi connectivity index (χ1) is 14.3. The maximum Gasteiger partial charge on any atom is 0.166 e. The van der Waals surface area contributed by atoms with Gasteiger partial charge in [-0.1, -0.05) is 30.3 Å². The highest BCUT2D eigenvalue weighted by molar-refractivity contribution is 5.89. The van der Waals surface area contributed by atoms with Gasteiger partial charge in [0.05, 0.1) is 11.7 Å². The molecule has 0 radical (unpaired) electrons. The van der Waals surface area contributed by atoms with E-state index in [2.05, 4.69) is 52.1 Å². The predicted octanol–water partition coefficient (Wildman–Crippen LogP) is 5.55. The van der Waals surface area contributed by atoms with Crippen LogP contribution in [-0.4, -0.2) is 39.4 Å². The predicted molar refractivity (Wildman–Crippen MR) is 119 cm³/mol. The van der Waals surface area contributed by atoms with Crippen LogP contribution in [0.1, 0.15) is 54.1 Å². The maximum atomic E-state index is 14.8. The van der Waals surface area contributed by atoms with Crippen LogP contribution in [0.4, 0.5) is 4.39 Å². The van der Waals surface area contributed by atoms with E-state index >= 15 is 0 Å². The second-order valence-corrected chi connectivity index (χ2v) is 9.10. The van der Waals surface area contributed by atoms with Crippen molar-refractivity contribution < 1.29 is 9.18 Å². The number of carbonyl (C=O) groups excluding carboxylic acids is 1. The zero-order valence-corrected chi connectivity index (χ0v) is 17.5. The molecule has 5 rings (SSSR count). The Morgan fingerprint density at radius 3 is 2.70 bits per heavy atom. The van der Waals surface area contributed by atoms with Gasteiger partial charge < -0.3 is 9.97 Å². The summed E-state index contributed by atoms with van der Waals surface area (Å²) in [6, 6.07) is 16.6. The van der Waals surface area contributed by atoms with Crippen LogP contribution in [-0.2, 0) is 6.42 Å². The number of aromatic nitrogens is 2. The minimum absolute atomic E-state index is 0.0847. The van der Waals surface area contributed by atoms with Crippen LogP contribution in [0.25, 0.3) is 21.8 Å². The van der Waals surface area contributed by atoms with E-state index in [1.807, 2.05) is 18.2 Å². The lowest BCUT2D eigenvalue weighted by atomic mass is 9.87. The second-order valence-electron chi connectivity index (χ2n) is 9.10. The third-order valence-corrected chi connectivity index (χ3v) is 6.19. The molecule has 4 nitrogen and oxygen atoms in total. The number of carbonyl (C=O) groups is 1. The number of aromatic amines is 2. The largest absolute Gasteiger partial charge is 0.357 e. The summed E-state index contributed by atoms with van der Waals surface area (Å²) in [6.07, 6.45) is 1.71. The van der Waals surface area contributed by atoms with Crippen LogP contribution in [0.3, 0.4) is 0 Å². The van der Waals surface area contributed by atoms with Crippen molar-refractivity contribution in [1.82, 2.24) is 14.9 Å². The van der Waals surface area contributed by atoms with E-state index in [1.54, 1.807) is 13.8 Å². The van der Waals surface area contributed by atoms with E-state index in [-0.39, 0.29) is 12.1 Å². The molecular weight excluding hydrogens is 377 g/mol. The number of fused-ring (bicyclic) bond motifs is 4. The van der Waals surface area contributed by atoms with Gasteiger partial charge in [-0.3, -0.25) is 9.69 Å². The lowest BCUT2D eigenvalue weighted by Gasteiger charge is -2.43. The van der Waals surface area contributed by atoms with Crippen LogP contribution in [0.2, 0.25) is 0 Å². The molecule has 2 aromatic carbocycles. The quantitative estimate of drug-likeness (QED) is 0.439. The maximum absolute atomic E-state index is 14.8. The van der Waals surface area contributed by atoms with Crippen LogP contribution < -0.4 is 0 Å². The van der Waals surface area contributed by atoms with Gasteiger partial charge in [0.15, 0.2) is 6.29 Å². The van der Waals surface area contributed by atoms with Gasteiger partial charge in [0.1, 0.15) is 5.67 Å². The molecular formula is C25H26FN3O. The summed E-state index contributed by atoms with van der Waals surface area (Å²) in [5.41, 5.74) is 4.83. The van der Waals surface area contributed by atoms with E-state index in [0.717, 1.165) is 40.4 Å². The summed E-state index contributed by atoms with van der Waals surface area (Å²) in [5.74, 6) is 0. The second kappa shape index (κ2) is 6.81. The molecule has 0 spiro atoms. The van der Waals surface area contributed by atoms with Gasteiger partial charge in [0, 0.05) is 40.1 Å². The fourth-order valence-corrected chi connectivity index (χ4v) is 4.95. The number of aldehydes is 1. The fourth-order valence-electron chi connectivity index (χ4n) is 4.95. The average Bonchev–Trinajstić information content (AvgIpc) is 3.28. The van der Waals surface area contributed by atoms with Gasteiger partial charge in [-0.2, -0.15) is 0 Å². The van der Waals surface area contributed by atoms with Crippen LogP contribution >= 0.6 is 0 Å². The number of alkyl halides is 1. The third-order valence-electron chi connectivity index (χ3n) is 6.19. The number of rotatable bonds is 4. The van der Waals surface area contributed by atoms with Gasteiger partial charge in [0.25, 0.3) is 0 Å². The molecule has 0 aliphatic carbocycles. The van der Waals surface area contributed by atoms with Gasteiger partial charge in [-0.25, -0.2) is 4.39 Å². The molecule has 3 heterocycles. The number of hydrogen-bond donors (Lipinski definition) is 2. The van der Waals surface area contributed by atoms with Gasteiger partial charge in [-0.15, -0.1) is 0 Å². The van der Waals surface area contributed by atoms with Crippen LogP contribution in [0.5, 0.6) is 0 Å². The van der Waals surface area contributed by atoms with Crippen LogP contribution in [0.15, 0.2) is 48.5 Å². The average molecular weight is 404 g/mol. The van der Waals surface area contributed by atoms with E-state index in [0.29, 0.717) is 12.2 Å². The van der Waals surface area contributed by atoms with Crippen molar-refractivity contribution in [1.29, 1.82) is 0 Å². The Morgan fingerprint density at radius 1 is 1.13 bits per heavy atom. The lowest BCUT2D eigenvalue weighted by Crippen LogP contribution is -2.47. The van der Waals surface area contributed by atoms with Gasteiger partial charge >= 0.3 is 0 Å². The molecule has 1 aliphatic heterocycles. The highest BCUT2D eigenvalue weighted by Gasteiger charge is 2.38. The minimum atomic E-state index is -1.31. The van der Waals surface area contributed by atoms with Gasteiger partial charge in [-0.05, 0) is 56.5 Å². The first kappa shape index (κ1) is 19.1. The molecule has 2 N–H and O–H groups in total. The molecule has 0 unspecified atom stereocenters. The minimum Gasteiger partial charge on any atom is -0.357 e. The van der Waals surface area contributed by atoms with Crippen molar-refractivity contribution in [3.63, 3.8) is 0 Å². The van der Waals surface area contributed by atoms with E-state index < -0.39 is 5.67 Å². The Bertz CT molecular complexity index is 1250. The third kappa shape index (κ3) is 3.14. The number of nitrogens with one attached hydrogen (secondary N) is 2. The summed E-state index contributed by atoms with van der Waals surface area (Å²) < 4.78 is 14.8. The van der Waals surface area contributed by atoms with Crippen molar-refractivity contribution >= 4 is 28.1 Å². The van der Waals surface area contributed by atoms with Gasteiger partial charge in [0.2, 0.25) is 0 Å². The van der Waals surface area contributed by atoms with E-state index in [4.69, 9.17) is 0 Å². The summed E-state index contributed by atoms with van der Waals surface area (Å²) in [6.45, 7) is 5.81. The Labute approximate surface area is 175 Å². The summed E-state index contributed by atoms with van der Waals surface area (Å²) in [7, 11) is 0. The zero-order chi connectivity index (χ0) is 21.0. The summed E-state index contributed by atoms with van der Waals surface area (Å²) >= 11 is 0. The van der Waals surface area contributed by atoms with E-state index in [1.165, 1.54) is 10.9 Å². The SMILES string of the molecule is C[C@@H]1Cc2c([nH]c3ccccc23)[C@@H](c2ccc3cc(C=O)[nH]c3c2)N1CC(C)(C)F. The monoisotopic (exact) mass is 403 g/mol. The number of halogens is 1. The Balaban J connectivity index is 1.71. The van der Waals surface area contributed by atoms with Crippen molar-refractivity contribution in [3.8, 4) is 0 Å². The molecule has 30 heavy (non-hydrogen) atoms. The molecule has 4 aromatic rings. The highest BCUT2D eigenvalue weighted by Crippen LogP contribution is 2.42. The Morgan fingerprint density at radius 2 is 1.93 bits per heavy atom. The van der Waals surface area contributed by atoms with E-state index in [9.17, 15) is 9.18 Å². The molecule has 154 valence electrons. The summed E-state index contributed by atoms with van der Waals surface area (Å²) in [4.78, 5) is 20.3. The highest BCUT2D eigenvalue weighted by atomic mass is 19.1. The first-order valence-electron chi connectivity index (χ1n) is 10.5. The van der Waals surface area contributed by atoms with Crippen molar-refractivity contribution in [3.05, 3.63) is 71.0 Å². The molecule has 5 heteroatoms. The molecule has 2 aromatic heterocycles. The normalized spacial score (nSPS) is 20.0. The summed E-state index contributed by atoms with van der Waals surface area (Å²) in [5, 5.41) is 2.24. The lowest BCUT2D eigenvalue weighted by molar-refractivity contribution is 0.0668. The molecule has 0 amide bonds. The number of benzene rings is 2. The molecule has 0 saturated heterocycles. The Hall–Kier alpha value is -2.92. The standard InChI is InChI=1S/C25H26FN3O/c1-15-10-20-19-6-4-5-7-21(19)28-23(20)24(29(15)14-25(2,3)26)17-9-8-16-11-18(13-30)27-22(16)12-17/h4-9,11-13,15,24,27-28H,10,14H2,1-3H3/t15-,24-/m1/s1. The van der Waals surface area contributed by atoms with Crippen molar-refractivity contribution in [2.45, 2.75) is 44.9 Å².